The normalized spacial score (nSPS) is 26.9. The van der Waals surface area contributed by atoms with Crippen molar-refractivity contribution in [2.45, 2.75) is 37.1 Å². The van der Waals surface area contributed by atoms with Crippen molar-refractivity contribution in [2.75, 3.05) is 18.4 Å². The van der Waals surface area contributed by atoms with E-state index < -0.39 is 10.0 Å². The molecule has 1 saturated heterocycles. The van der Waals surface area contributed by atoms with Crippen LogP contribution in [0.2, 0.25) is 0 Å². The molecule has 180 valence electrons. The van der Waals surface area contributed by atoms with Crippen molar-refractivity contribution >= 4 is 27.5 Å². The van der Waals surface area contributed by atoms with E-state index in [0.717, 1.165) is 6.42 Å². The molecule has 2 aromatic carbocycles. The first-order valence-electron chi connectivity index (χ1n) is 11.6. The van der Waals surface area contributed by atoms with Crippen molar-refractivity contribution in [2.24, 2.45) is 17.8 Å². The highest BCUT2D eigenvalue weighted by atomic mass is 32.2. The summed E-state index contributed by atoms with van der Waals surface area (Å²) in [7, 11) is -3.69. The van der Waals surface area contributed by atoms with E-state index in [2.05, 4.69) is 17.2 Å². The molecule has 2 aliphatic rings. The third-order valence-corrected chi connectivity index (χ3v) is 8.66. The van der Waals surface area contributed by atoms with Gasteiger partial charge in [-0.2, -0.15) is 4.31 Å². The van der Waals surface area contributed by atoms with Crippen molar-refractivity contribution < 1.29 is 18.0 Å². The van der Waals surface area contributed by atoms with Gasteiger partial charge >= 0.3 is 0 Å². The second-order valence-corrected chi connectivity index (χ2v) is 11.3. The number of benzene rings is 2. The number of sulfonamides is 1. The van der Waals surface area contributed by atoms with Crippen molar-refractivity contribution in [1.29, 1.82) is 0 Å². The summed E-state index contributed by atoms with van der Waals surface area (Å²) in [5, 5.41) is 5.82. The molecule has 4 atom stereocenters. The third kappa shape index (κ3) is 5.08. The zero-order chi connectivity index (χ0) is 24.5. The molecule has 2 amide bonds. The predicted molar refractivity (Wildman–Crippen MR) is 132 cm³/mol. The lowest BCUT2D eigenvalue weighted by atomic mass is 9.87. The van der Waals surface area contributed by atoms with E-state index in [1.54, 1.807) is 12.1 Å². The molecule has 0 spiro atoms. The largest absolute Gasteiger partial charge is 0.349 e. The summed E-state index contributed by atoms with van der Waals surface area (Å²) in [6, 6.07) is 16.2. The number of amides is 2. The second kappa shape index (κ2) is 9.72. The fourth-order valence-electron chi connectivity index (χ4n) is 4.86. The Morgan fingerprint density at radius 3 is 2.21 bits per heavy atom. The molecule has 1 heterocycles. The number of piperidine rings is 1. The number of carbonyl (C=O) groups is 2. The smallest absolute Gasteiger partial charge is 0.243 e. The van der Waals surface area contributed by atoms with Gasteiger partial charge in [0.2, 0.25) is 21.8 Å². The van der Waals surface area contributed by atoms with Crippen LogP contribution in [0, 0.1) is 17.8 Å². The fraction of sp³-hybridized carbons (Fsp3) is 0.385. The zero-order valence-electron chi connectivity index (χ0n) is 19.5. The summed E-state index contributed by atoms with van der Waals surface area (Å²) in [6.07, 6.45) is 2.05. The van der Waals surface area contributed by atoms with Crippen LogP contribution in [0.1, 0.15) is 31.7 Å². The van der Waals surface area contributed by atoms with Crippen LogP contribution in [-0.2, 0) is 19.6 Å². The van der Waals surface area contributed by atoms with E-state index in [1.807, 2.05) is 44.2 Å². The van der Waals surface area contributed by atoms with Crippen molar-refractivity contribution in [1.82, 2.24) is 9.62 Å². The van der Waals surface area contributed by atoms with Gasteiger partial charge in [0.1, 0.15) is 0 Å². The van der Waals surface area contributed by atoms with E-state index in [-0.39, 0.29) is 46.4 Å². The summed E-state index contributed by atoms with van der Waals surface area (Å²) in [5.41, 5.74) is 1.75. The number of anilines is 1. The van der Waals surface area contributed by atoms with Gasteiger partial charge in [-0.05, 0) is 60.1 Å². The van der Waals surface area contributed by atoms with Crippen molar-refractivity contribution in [3.05, 3.63) is 72.8 Å². The van der Waals surface area contributed by atoms with E-state index >= 15 is 0 Å². The lowest BCUT2D eigenvalue weighted by Crippen LogP contribution is -2.55. The Bertz CT molecular complexity index is 1150. The predicted octanol–water partition coefficient (Wildman–Crippen LogP) is 3.38. The lowest BCUT2D eigenvalue weighted by molar-refractivity contribution is -0.118. The van der Waals surface area contributed by atoms with Gasteiger partial charge in [0.05, 0.1) is 4.90 Å². The standard InChI is InChI=1S/C26H31N3O4S/c1-4-24(30)28-25-17(2)15-29(16-18(25)3)34(32,33)21-12-10-20(11-13-21)27-26(31)23-14-22(23)19-8-6-5-7-9-19/h4-13,17-18,22-23,25H,1,14-16H2,2-3H3,(H,27,31)(H,28,30). The maximum Gasteiger partial charge on any atom is 0.243 e. The van der Waals surface area contributed by atoms with Gasteiger partial charge < -0.3 is 10.6 Å². The zero-order valence-corrected chi connectivity index (χ0v) is 20.3. The molecule has 2 fully saturated rings. The monoisotopic (exact) mass is 481 g/mol. The molecule has 0 aromatic heterocycles. The first-order valence-corrected chi connectivity index (χ1v) is 13.0. The van der Waals surface area contributed by atoms with Gasteiger partial charge in [0.25, 0.3) is 0 Å². The molecule has 4 rings (SSSR count). The van der Waals surface area contributed by atoms with Gasteiger partial charge in [-0.3, -0.25) is 9.59 Å². The number of carbonyl (C=O) groups excluding carboxylic acids is 2. The van der Waals surface area contributed by atoms with E-state index in [9.17, 15) is 18.0 Å². The lowest BCUT2D eigenvalue weighted by Gasteiger charge is -2.40. The summed E-state index contributed by atoms with van der Waals surface area (Å²) >= 11 is 0. The Hall–Kier alpha value is -2.97. The number of hydrogen-bond acceptors (Lipinski definition) is 4. The van der Waals surface area contributed by atoms with Crippen molar-refractivity contribution in [3.8, 4) is 0 Å². The highest BCUT2D eigenvalue weighted by molar-refractivity contribution is 7.89. The number of hydrogen-bond donors (Lipinski definition) is 2. The summed E-state index contributed by atoms with van der Waals surface area (Å²) < 4.78 is 28.0. The number of rotatable bonds is 7. The number of nitrogens with one attached hydrogen (secondary N) is 2. The minimum atomic E-state index is -3.69. The Labute approximate surface area is 201 Å². The molecule has 1 saturated carbocycles. The van der Waals surface area contributed by atoms with Crippen LogP contribution in [0.3, 0.4) is 0 Å². The van der Waals surface area contributed by atoms with Gasteiger partial charge in [0.15, 0.2) is 0 Å². The molecule has 1 aliphatic carbocycles. The topological polar surface area (TPSA) is 95.6 Å². The highest BCUT2D eigenvalue weighted by Crippen LogP contribution is 2.47. The van der Waals surface area contributed by atoms with Crippen molar-refractivity contribution in [3.63, 3.8) is 0 Å². The van der Waals surface area contributed by atoms with Crippen LogP contribution in [0.25, 0.3) is 0 Å². The third-order valence-electron chi connectivity index (χ3n) is 6.82. The molecule has 0 radical (unpaired) electrons. The van der Waals surface area contributed by atoms with Crippen LogP contribution < -0.4 is 10.6 Å². The molecule has 4 unspecified atom stereocenters. The molecular weight excluding hydrogens is 450 g/mol. The fourth-order valence-corrected chi connectivity index (χ4v) is 6.50. The Balaban J connectivity index is 1.38. The van der Waals surface area contributed by atoms with E-state index in [0.29, 0.717) is 18.8 Å². The molecule has 34 heavy (non-hydrogen) atoms. The number of nitrogens with zero attached hydrogens (tertiary/aromatic N) is 1. The van der Waals surface area contributed by atoms with Gasteiger partial charge in [-0.1, -0.05) is 50.8 Å². The molecular formula is C26H31N3O4S. The molecule has 1 aliphatic heterocycles. The summed E-state index contributed by atoms with van der Waals surface area (Å²) in [6.45, 7) is 7.98. The van der Waals surface area contributed by atoms with Gasteiger partial charge in [0, 0.05) is 30.7 Å². The van der Waals surface area contributed by atoms with E-state index in [1.165, 1.54) is 28.1 Å². The van der Waals surface area contributed by atoms with Crippen LogP contribution in [0.4, 0.5) is 5.69 Å². The maximum absolute atomic E-state index is 13.3. The molecule has 0 bridgehead atoms. The van der Waals surface area contributed by atoms with Gasteiger partial charge in [-0.25, -0.2) is 8.42 Å². The Morgan fingerprint density at radius 1 is 1.00 bits per heavy atom. The molecule has 7 nitrogen and oxygen atoms in total. The maximum atomic E-state index is 13.3. The Kier molecular flexibility index (Phi) is 6.91. The average molecular weight is 482 g/mol. The van der Waals surface area contributed by atoms with E-state index in [4.69, 9.17) is 0 Å². The van der Waals surface area contributed by atoms with Gasteiger partial charge in [-0.15, -0.1) is 0 Å². The van der Waals surface area contributed by atoms with Crippen LogP contribution in [0.5, 0.6) is 0 Å². The molecule has 8 heteroatoms. The average Bonchev–Trinajstić information content (AvgIpc) is 3.63. The summed E-state index contributed by atoms with van der Waals surface area (Å²) in [4.78, 5) is 24.5. The SMILES string of the molecule is C=CC(=O)NC1C(C)CN(S(=O)(=O)c2ccc(NC(=O)C3CC3c3ccccc3)cc2)CC1C. The van der Waals surface area contributed by atoms with Crippen LogP contribution in [-0.4, -0.2) is 43.7 Å². The van der Waals surface area contributed by atoms with Crippen LogP contribution >= 0.6 is 0 Å². The first kappa shape index (κ1) is 24.2. The molecule has 2 aromatic rings. The first-order chi connectivity index (χ1) is 16.2. The quantitative estimate of drug-likeness (QED) is 0.593. The second-order valence-electron chi connectivity index (χ2n) is 9.39. The minimum absolute atomic E-state index is 0.0444. The Morgan fingerprint density at radius 2 is 1.62 bits per heavy atom. The summed E-state index contributed by atoms with van der Waals surface area (Å²) in [5.74, 6) is -0.204. The molecule has 2 N–H and O–H groups in total. The highest BCUT2D eigenvalue weighted by Gasteiger charge is 2.44. The van der Waals surface area contributed by atoms with Crippen LogP contribution in [0.15, 0.2) is 72.1 Å². The minimum Gasteiger partial charge on any atom is -0.349 e.